The van der Waals surface area contributed by atoms with Crippen LogP contribution in [0.15, 0.2) is 36.4 Å². The molecule has 0 saturated carbocycles. The first-order valence-electron chi connectivity index (χ1n) is 7.53. The van der Waals surface area contributed by atoms with Crippen LogP contribution in [-0.4, -0.2) is 9.78 Å². The van der Waals surface area contributed by atoms with Crippen LogP contribution in [0.1, 0.15) is 11.3 Å². The molecule has 0 aliphatic rings. The molecule has 2 aromatic carbocycles. The van der Waals surface area contributed by atoms with Gasteiger partial charge in [-0.25, -0.2) is 17.6 Å². The fraction of sp³-hybridized carbons (Fsp3) is 0.167. The number of hydrogen-bond donors (Lipinski definition) is 1. The second-order valence-electron chi connectivity index (χ2n) is 5.66. The molecule has 3 aromatic rings. The fourth-order valence-corrected chi connectivity index (χ4v) is 2.66. The van der Waals surface area contributed by atoms with Gasteiger partial charge in [-0.15, -0.1) is 0 Å². The van der Waals surface area contributed by atoms with Gasteiger partial charge < -0.3 is 5.32 Å². The summed E-state index contributed by atoms with van der Waals surface area (Å²) in [5.74, 6) is -3.04. The number of benzene rings is 2. The number of aromatic nitrogens is 2. The molecule has 7 heteroatoms. The number of hydrogen-bond acceptors (Lipinski definition) is 2. The largest absolute Gasteiger partial charge is 0.381 e. The van der Waals surface area contributed by atoms with E-state index in [9.17, 15) is 17.6 Å². The van der Waals surface area contributed by atoms with Crippen molar-refractivity contribution in [2.45, 2.75) is 13.5 Å². The lowest BCUT2D eigenvalue weighted by molar-refractivity contribution is 0.559. The first kappa shape index (κ1) is 17.0. The van der Waals surface area contributed by atoms with E-state index in [-0.39, 0.29) is 23.4 Å². The zero-order chi connectivity index (χ0) is 18.1. The molecule has 1 N–H and O–H groups in total. The van der Waals surface area contributed by atoms with Crippen LogP contribution in [0.5, 0.6) is 0 Å². The molecule has 0 atom stereocenters. The molecule has 1 heterocycles. The van der Waals surface area contributed by atoms with Gasteiger partial charge in [0.2, 0.25) is 0 Å². The van der Waals surface area contributed by atoms with Gasteiger partial charge in [-0.05, 0) is 37.3 Å². The summed E-state index contributed by atoms with van der Waals surface area (Å²) in [4.78, 5) is 0. The van der Waals surface area contributed by atoms with E-state index in [2.05, 4.69) is 10.4 Å². The highest BCUT2D eigenvalue weighted by Crippen LogP contribution is 2.29. The van der Waals surface area contributed by atoms with Gasteiger partial charge >= 0.3 is 0 Å². The zero-order valence-electron chi connectivity index (χ0n) is 13.6. The topological polar surface area (TPSA) is 29.9 Å². The van der Waals surface area contributed by atoms with Gasteiger partial charge in [0.15, 0.2) is 0 Å². The van der Waals surface area contributed by atoms with E-state index in [1.165, 1.54) is 10.7 Å². The van der Waals surface area contributed by atoms with Crippen LogP contribution in [0.2, 0.25) is 0 Å². The second kappa shape index (κ2) is 6.58. The Morgan fingerprint density at radius 1 is 0.960 bits per heavy atom. The van der Waals surface area contributed by atoms with Crippen molar-refractivity contribution in [2.24, 2.45) is 7.05 Å². The molecule has 25 heavy (non-hydrogen) atoms. The zero-order valence-corrected chi connectivity index (χ0v) is 13.6. The monoisotopic (exact) mass is 349 g/mol. The molecule has 0 unspecified atom stereocenters. The van der Waals surface area contributed by atoms with E-state index in [1.807, 2.05) is 0 Å². The minimum Gasteiger partial charge on any atom is -0.381 e. The summed E-state index contributed by atoms with van der Waals surface area (Å²) in [5, 5.41) is 6.71. The summed E-state index contributed by atoms with van der Waals surface area (Å²) >= 11 is 0. The molecule has 3 nitrogen and oxygen atoms in total. The van der Waals surface area contributed by atoms with Gasteiger partial charge in [0.25, 0.3) is 0 Å². The molecule has 0 radical (unpaired) electrons. The van der Waals surface area contributed by atoms with Crippen molar-refractivity contribution in [3.63, 3.8) is 0 Å². The third-order valence-corrected chi connectivity index (χ3v) is 3.83. The van der Waals surface area contributed by atoms with Crippen molar-refractivity contribution in [3.05, 3.63) is 70.9 Å². The Morgan fingerprint density at radius 3 is 2.08 bits per heavy atom. The molecule has 0 saturated heterocycles. The third kappa shape index (κ3) is 3.35. The maximum atomic E-state index is 14.4. The predicted molar refractivity (Wildman–Crippen MR) is 87.0 cm³/mol. The Labute approximate surface area is 141 Å². The Bertz CT molecular complexity index is 891. The lowest BCUT2D eigenvalue weighted by Crippen LogP contribution is -2.06. The fourth-order valence-electron chi connectivity index (χ4n) is 2.66. The van der Waals surface area contributed by atoms with Crippen molar-refractivity contribution < 1.29 is 17.6 Å². The summed E-state index contributed by atoms with van der Waals surface area (Å²) in [5.41, 5.74) is 0.619. The Hall–Kier alpha value is -2.83. The van der Waals surface area contributed by atoms with Crippen molar-refractivity contribution in [1.82, 2.24) is 9.78 Å². The first-order valence-corrected chi connectivity index (χ1v) is 7.53. The molecule has 0 aliphatic heterocycles. The standard InChI is InChI=1S/C18H15F4N3/c1-10-6-17(25(2)24-10)18-15(21)7-11(8-16(18)22)23-9-12-13(19)4-3-5-14(12)20/h3-8,23H,9H2,1-2H3. The van der Waals surface area contributed by atoms with Crippen LogP contribution < -0.4 is 5.32 Å². The van der Waals surface area contributed by atoms with Gasteiger partial charge in [-0.1, -0.05) is 6.07 Å². The normalized spacial score (nSPS) is 11.0. The lowest BCUT2D eigenvalue weighted by atomic mass is 10.1. The van der Waals surface area contributed by atoms with Crippen LogP contribution >= 0.6 is 0 Å². The van der Waals surface area contributed by atoms with Gasteiger partial charge in [0, 0.05) is 24.8 Å². The Morgan fingerprint density at radius 2 is 1.56 bits per heavy atom. The maximum absolute atomic E-state index is 14.4. The van der Waals surface area contributed by atoms with Crippen LogP contribution in [0.25, 0.3) is 11.3 Å². The minimum absolute atomic E-state index is 0.0836. The van der Waals surface area contributed by atoms with E-state index >= 15 is 0 Å². The van der Waals surface area contributed by atoms with Gasteiger partial charge in [-0.2, -0.15) is 5.10 Å². The van der Waals surface area contributed by atoms with E-state index in [0.29, 0.717) is 11.4 Å². The SMILES string of the molecule is Cc1cc(-c2c(F)cc(NCc3c(F)cccc3F)cc2F)n(C)n1. The van der Waals surface area contributed by atoms with Crippen LogP contribution in [0.3, 0.4) is 0 Å². The van der Waals surface area contributed by atoms with Crippen LogP contribution in [-0.2, 0) is 13.6 Å². The molecular weight excluding hydrogens is 334 g/mol. The number of nitrogens with one attached hydrogen (secondary N) is 1. The van der Waals surface area contributed by atoms with E-state index in [0.717, 1.165) is 24.3 Å². The second-order valence-corrected chi connectivity index (χ2v) is 5.66. The predicted octanol–water partition coefficient (Wildman–Crippen LogP) is 4.56. The molecule has 0 aliphatic carbocycles. The van der Waals surface area contributed by atoms with Crippen molar-refractivity contribution in [1.29, 1.82) is 0 Å². The highest BCUT2D eigenvalue weighted by atomic mass is 19.1. The molecule has 0 fully saturated rings. The van der Waals surface area contributed by atoms with Crippen molar-refractivity contribution in [2.75, 3.05) is 5.32 Å². The van der Waals surface area contributed by atoms with Crippen molar-refractivity contribution in [3.8, 4) is 11.3 Å². The lowest BCUT2D eigenvalue weighted by Gasteiger charge is -2.11. The van der Waals surface area contributed by atoms with Gasteiger partial charge in [0.05, 0.1) is 17.0 Å². The maximum Gasteiger partial charge on any atom is 0.137 e. The minimum atomic E-state index is -0.792. The highest BCUT2D eigenvalue weighted by molar-refractivity contribution is 5.65. The van der Waals surface area contributed by atoms with Gasteiger partial charge in [0.1, 0.15) is 23.3 Å². The molecule has 1 aromatic heterocycles. The van der Waals surface area contributed by atoms with E-state index in [1.54, 1.807) is 20.0 Å². The molecule has 3 rings (SSSR count). The molecule has 0 bridgehead atoms. The molecule has 0 spiro atoms. The molecule has 130 valence electrons. The first-order chi connectivity index (χ1) is 11.9. The van der Waals surface area contributed by atoms with E-state index in [4.69, 9.17) is 0 Å². The van der Waals surface area contributed by atoms with Crippen LogP contribution in [0.4, 0.5) is 23.2 Å². The van der Waals surface area contributed by atoms with E-state index < -0.39 is 23.3 Å². The van der Waals surface area contributed by atoms with Gasteiger partial charge in [-0.3, -0.25) is 4.68 Å². The average Bonchev–Trinajstić information content (AvgIpc) is 2.84. The number of anilines is 1. The van der Waals surface area contributed by atoms with Crippen LogP contribution in [0, 0.1) is 30.2 Å². The Kier molecular flexibility index (Phi) is 4.48. The smallest absolute Gasteiger partial charge is 0.137 e. The molecular formula is C18H15F4N3. The number of aryl methyl sites for hydroxylation is 2. The summed E-state index contributed by atoms with van der Waals surface area (Å²) < 4.78 is 57.4. The third-order valence-electron chi connectivity index (χ3n) is 3.83. The Balaban J connectivity index is 1.89. The summed E-state index contributed by atoms with van der Waals surface area (Å²) in [6, 6.07) is 7.23. The summed E-state index contributed by atoms with van der Waals surface area (Å²) in [7, 11) is 1.59. The highest BCUT2D eigenvalue weighted by Gasteiger charge is 2.17. The number of nitrogens with zero attached hydrogens (tertiary/aromatic N) is 2. The molecule has 0 amide bonds. The number of rotatable bonds is 4. The van der Waals surface area contributed by atoms with Crippen molar-refractivity contribution >= 4 is 5.69 Å². The number of halogens is 4. The summed E-state index contributed by atoms with van der Waals surface area (Å²) in [6.45, 7) is 1.49. The summed E-state index contributed by atoms with van der Waals surface area (Å²) in [6.07, 6.45) is 0. The average molecular weight is 349 g/mol. The quantitative estimate of drug-likeness (QED) is 0.700.